The van der Waals surface area contributed by atoms with Gasteiger partial charge in [-0.05, 0) is 50.4 Å². The lowest BCUT2D eigenvalue weighted by molar-refractivity contribution is 0.166. The number of aryl methyl sites for hydroxylation is 1. The van der Waals surface area contributed by atoms with Gasteiger partial charge in [0.1, 0.15) is 11.8 Å². The normalized spacial score (nSPS) is 27.2. The Kier molecular flexibility index (Phi) is 3.58. The number of piperidine rings is 1. The quantitative estimate of drug-likeness (QED) is 0.896. The molecule has 3 heterocycles. The van der Waals surface area contributed by atoms with Gasteiger partial charge < -0.3 is 14.8 Å². The molecule has 4 nitrogen and oxygen atoms in total. The third-order valence-corrected chi connectivity index (χ3v) is 4.59. The molecule has 102 valence electrons. The van der Waals surface area contributed by atoms with Gasteiger partial charge in [0.25, 0.3) is 0 Å². The number of nitrogens with one attached hydrogen (secondary N) is 1. The van der Waals surface area contributed by atoms with Crippen LogP contribution < -0.4 is 5.32 Å². The molecular weight excluding hydrogens is 236 g/mol. The third-order valence-electron chi connectivity index (χ3n) is 4.59. The fraction of sp³-hybridized carbons (Fsp3) is 0.667. The van der Waals surface area contributed by atoms with Crippen molar-refractivity contribution in [1.82, 2.24) is 14.8 Å². The van der Waals surface area contributed by atoms with E-state index < -0.39 is 0 Å². The standard InChI is InChI=1S/C15H22N4/c1-18-11-12(7-15(18)9-16)10-17-13-4-6-19-5-2-3-14(19)8-13/h7,11,13-14,17H,2-6,8,10H2,1H3. The van der Waals surface area contributed by atoms with E-state index >= 15 is 0 Å². The van der Waals surface area contributed by atoms with Gasteiger partial charge in [0.15, 0.2) is 0 Å². The predicted octanol–water partition coefficient (Wildman–Crippen LogP) is 1.61. The van der Waals surface area contributed by atoms with E-state index in [0.717, 1.165) is 18.3 Å². The minimum absolute atomic E-state index is 0.644. The molecule has 3 rings (SSSR count). The number of hydrogen-bond acceptors (Lipinski definition) is 3. The number of nitrogens with zero attached hydrogens (tertiary/aromatic N) is 3. The van der Waals surface area contributed by atoms with E-state index in [9.17, 15) is 0 Å². The van der Waals surface area contributed by atoms with Crippen molar-refractivity contribution in [3.05, 3.63) is 23.5 Å². The van der Waals surface area contributed by atoms with Crippen molar-refractivity contribution in [3.8, 4) is 6.07 Å². The maximum absolute atomic E-state index is 8.95. The minimum atomic E-state index is 0.644. The highest BCUT2D eigenvalue weighted by atomic mass is 15.2. The summed E-state index contributed by atoms with van der Waals surface area (Å²) in [5, 5.41) is 12.6. The Morgan fingerprint density at radius 2 is 2.32 bits per heavy atom. The molecule has 0 spiro atoms. The van der Waals surface area contributed by atoms with Crippen LogP contribution in [0.3, 0.4) is 0 Å². The fourth-order valence-corrected chi connectivity index (χ4v) is 3.51. The van der Waals surface area contributed by atoms with Crippen molar-refractivity contribution >= 4 is 0 Å². The lowest BCUT2D eigenvalue weighted by atomic mass is 9.97. The summed E-state index contributed by atoms with van der Waals surface area (Å²) in [6.45, 7) is 3.44. The number of rotatable bonds is 3. The van der Waals surface area contributed by atoms with Crippen LogP contribution in [0.5, 0.6) is 0 Å². The predicted molar refractivity (Wildman–Crippen MR) is 74.6 cm³/mol. The van der Waals surface area contributed by atoms with Crippen molar-refractivity contribution < 1.29 is 0 Å². The molecule has 2 atom stereocenters. The van der Waals surface area contributed by atoms with Gasteiger partial charge in [-0.15, -0.1) is 0 Å². The van der Waals surface area contributed by atoms with Crippen LogP contribution in [0.15, 0.2) is 12.3 Å². The van der Waals surface area contributed by atoms with Crippen molar-refractivity contribution in [2.75, 3.05) is 13.1 Å². The molecule has 0 amide bonds. The first kappa shape index (κ1) is 12.7. The molecule has 2 unspecified atom stereocenters. The van der Waals surface area contributed by atoms with Gasteiger partial charge in [0.2, 0.25) is 0 Å². The van der Waals surface area contributed by atoms with E-state index in [1.807, 2.05) is 17.7 Å². The number of aromatic nitrogens is 1. The summed E-state index contributed by atoms with van der Waals surface area (Å²) in [6.07, 6.45) is 7.35. The van der Waals surface area contributed by atoms with E-state index in [-0.39, 0.29) is 0 Å². The third kappa shape index (κ3) is 2.68. The van der Waals surface area contributed by atoms with Gasteiger partial charge in [-0.1, -0.05) is 0 Å². The second-order valence-corrected chi connectivity index (χ2v) is 5.89. The molecule has 0 saturated carbocycles. The SMILES string of the molecule is Cn1cc(CNC2CCN3CCCC3C2)cc1C#N. The van der Waals surface area contributed by atoms with Crippen LogP contribution in [-0.4, -0.2) is 34.6 Å². The van der Waals surface area contributed by atoms with E-state index in [0.29, 0.717) is 6.04 Å². The van der Waals surface area contributed by atoms with Gasteiger partial charge >= 0.3 is 0 Å². The molecule has 1 aromatic rings. The molecule has 0 aliphatic carbocycles. The summed E-state index contributed by atoms with van der Waals surface area (Å²) in [5.74, 6) is 0. The average molecular weight is 258 g/mol. The Balaban J connectivity index is 1.53. The van der Waals surface area contributed by atoms with E-state index in [1.165, 1.54) is 44.3 Å². The number of nitriles is 1. The van der Waals surface area contributed by atoms with Gasteiger partial charge in [-0.3, -0.25) is 0 Å². The van der Waals surface area contributed by atoms with Crippen LogP contribution in [0, 0.1) is 11.3 Å². The molecule has 1 N–H and O–H groups in total. The summed E-state index contributed by atoms with van der Waals surface area (Å²) in [6, 6.07) is 5.66. The smallest absolute Gasteiger partial charge is 0.120 e. The Morgan fingerprint density at radius 3 is 3.11 bits per heavy atom. The minimum Gasteiger partial charge on any atom is -0.342 e. The van der Waals surface area contributed by atoms with Crippen molar-refractivity contribution in [3.63, 3.8) is 0 Å². The van der Waals surface area contributed by atoms with E-state index in [4.69, 9.17) is 5.26 Å². The molecular formula is C15H22N4. The van der Waals surface area contributed by atoms with Crippen molar-refractivity contribution in [1.29, 1.82) is 5.26 Å². The first-order valence-electron chi connectivity index (χ1n) is 7.29. The summed E-state index contributed by atoms with van der Waals surface area (Å²) in [7, 11) is 1.93. The van der Waals surface area contributed by atoms with Gasteiger partial charge in [-0.2, -0.15) is 5.26 Å². The molecule has 0 radical (unpaired) electrons. The van der Waals surface area contributed by atoms with Gasteiger partial charge in [0, 0.05) is 31.9 Å². The second kappa shape index (κ2) is 5.36. The Morgan fingerprint density at radius 1 is 1.42 bits per heavy atom. The largest absolute Gasteiger partial charge is 0.342 e. The molecule has 0 aromatic carbocycles. The lowest BCUT2D eigenvalue weighted by Crippen LogP contribution is -2.45. The average Bonchev–Trinajstić information content (AvgIpc) is 3.01. The second-order valence-electron chi connectivity index (χ2n) is 5.89. The molecule has 2 fully saturated rings. The molecule has 2 aliphatic rings. The highest BCUT2D eigenvalue weighted by molar-refractivity contribution is 5.28. The van der Waals surface area contributed by atoms with Crippen molar-refractivity contribution in [2.45, 2.75) is 44.3 Å². The maximum Gasteiger partial charge on any atom is 0.120 e. The molecule has 19 heavy (non-hydrogen) atoms. The van der Waals surface area contributed by atoms with Crippen LogP contribution in [0.2, 0.25) is 0 Å². The molecule has 2 saturated heterocycles. The van der Waals surface area contributed by atoms with Crippen LogP contribution in [0.25, 0.3) is 0 Å². The molecule has 4 heteroatoms. The summed E-state index contributed by atoms with van der Waals surface area (Å²) >= 11 is 0. The van der Waals surface area contributed by atoms with Gasteiger partial charge in [0.05, 0.1) is 0 Å². The Bertz CT molecular complexity index is 485. The van der Waals surface area contributed by atoms with Gasteiger partial charge in [-0.25, -0.2) is 0 Å². The fourth-order valence-electron chi connectivity index (χ4n) is 3.51. The van der Waals surface area contributed by atoms with E-state index in [1.54, 1.807) is 0 Å². The van der Waals surface area contributed by atoms with Crippen LogP contribution >= 0.6 is 0 Å². The first-order chi connectivity index (χ1) is 9.26. The highest BCUT2D eigenvalue weighted by Crippen LogP contribution is 2.26. The summed E-state index contributed by atoms with van der Waals surface area (Å²) in [4.78, 5) is 2.65. The monoisotopic (exact) mass is 258 g/mol. The zero-order chi connectivity index (χ0) is 13.2. The van der Waals surface area contributed by atoms with Crippen LogP contribution in [-0.2, 0) is 13.6 Å². The summed E-state index contributed by atoms with van der Waals surface area (Å²) < 4.78 is 1.90. The zero-order valence-corrected chi connectivity index (χ0v) is 11.6. The molecule has 2 aliphatic heterocycles. The summed E-state index contributed by atoms with van der Waals surface area (Å²) in [5.41, 5.74) is 1.95. The number of fused-ring (bicyclic) bond motifs is 1. The topological polar surface area (TPSA) is 44.0 Å². The van der Waals surface area contributed by atoms with Crippen LogP contribution in [0.4, 0.5) is 0 Å². The highest BCUT2D eigenvalue weighted by Gasteiger charge is 2.31. The molecule has 1 aromatic heterocycles. The maximum atomic E-state index is 8.95. The first-order valence-corrected chi connectivity index (χ1v) is 7.29. The van der Waals surface area contributed by atoms with E-state index in [2.05, 4.69) is 22.5 Å². The Hall–Kier alpha value is -1.31. The number of hydrogen-bond donors (Lipinski definition) is 1. The zero-order valence-electron chi connectivity index (χ0n) is 11.6. The van der Waals surface area contributed by atoms with Crippen LogP contribution in [0.1, 0.15) is 36.9 Å². The van der Waals surface area contributed by atoms with Crippen molar-refractivity contribution in [2.24, 2.45) is 7.05 Å². The lowest BCUT2D eigenvalue weighted by Gasteiger charge is -2.35. The Labute approximate surface area is 115 Å². The molecule has 0 bridgehead atoms.